The number of benzene rings is 1. The Hall–Kier alpha value is -2.30. The number of carboxylic acids is 1. The summed E-state index contributed by atoms with van der Waals surface area (Å²) in [6, 6.07) is 2.35. The molecule has 2 unspecified atom stereocenters. The van der Waals surface area contributed by atoms with Crippen LogP contribution in [0.15, 0.2) is 24.3 Å². The van der Waals surface area contributed by atoms with Crippen molar-refractivity contribution in [2.24, 2.45) is 5.73 Å². The van der Waals surface area contributed by atoms with Crippen LogP contribution in [0.4, 0.5) is 0 Å². The van der Waals surface area contributed by atoms with E-state index in [0.29, 0.717) is 5.56 Å². The van der Waals surface area contributed by atoms with E-state index in [-0.39, 0.29) is 5.75 Å². The highest BCUT2D eigenvalue weighted by molar-refractivity contribution is 7.94. The van der Waals surface area contributed by atoms with E-state index in [0.717, 1.165) is 4.90 Å². The minimum atomic E-state index is -1.66. The maximum absolute atomic E-state index is 12.7. The maximum atomic E-state index is 12.7. The van der Waals surface area contributed by atoms with Crippen LogP contribution >= 0.6 is 0 Å². The molecule has 2 amide bonds. The van der Waals surface area contributed by atoms with Crippen molar-refractivity contribution in [1.82, 2.24) is 10.2 Å². The second kappa shape index (κ2) is 6.15. The molecule has 0 spiro atoms. The maximum Gasteiger partial charge on any atom is 0.332 e. The Morgan fingerprint density at radius 3 is 2.46 bits per heavy atom. The van der Waals surface area contributed by atoms with Crippen LogP contribution in [0.25, 0.3) is 0 Å². The van der Waals surface area contributed by atoms with Crippen LogP contribution in [0.3, 0.4) is 0 Å². The second-order valence-electron chi connectivity index (χ2n) is 6.83. The lowest BCUT2D eigenvalue weighted by Crippen LogP contribution is -2.72. The molecule has 2 aliphatic heterocycles. The first-order valence-corrected chi connectivity index (χ1v) is 9.09. The van der Waals surface area contributed by atoms with Gasteiger partial charge in [-0.05, 0) is 42.7 Å². The number of nitrogens with zero attached hydrogens (tertiary/aromatic N) is 1. The number of carboxylic acid groups (broad SMARTS) is 1. The molecular weight excluding hydrogens is 362 g/mol. The molecule has 2 heterocycles. The number of hydrogen-bond acceptors (Lipinski definition) is 6. The molecule has 0 bridgehead atoms. The summed E-state index contributed by atoms with van der Waals surface area (Å²) in [7, 11) is 0. The van der Waals surface area contributed by atoms with E-state index in [1.807, 2.05) is 0 Å². The van der Waals surface area contributed by atoms with Gasteiger partial charge in [-0.3, -0.25) is 14.5 Å². The van der Waals surface area contributed by atoms with Gasteiger partial charge in [-0.2, -0.15) is 0 Å². The molecule has 26 heavy (non-hydrogen) atoms. The van der Waals surface area contributed by atoms with Crippen LogP contribution in [0, 0.1) is 0 Å². The fraction of sp³-hybridized carbons (Fsp3) is 0.438. The minimum absolute atomic E-state index is 0.0227. The average molecular weight is 381 g/mol. The van der Waals surface area contributed by atoms with Gasteiger partial charge in [-0.25, -0.2) is 4.79 Å². The zero-order valence-electron chi connectivity index (χ0n) is 14.1. The lowest BCUT2D eigenvalue weighted by Gasteiger charge is -2.41. The van der Waals surface area contributed by atoms with E-state index in [1.54, 1.807) is 0 Å². The molecule has 2 fully saturated rings. The van der Waals surface area contributed by atoms with E-state index in [9.17, 15) is 29.1 Å². The predicted molar refractivity (Wildman–Crippen MR) is 91.2 cm³/mol. The van der Waals surface area contributed by atoms with Crippen LogP contribution in [-0.4, -0.2) is 59.7 Å². The quantitative estimate of drug-likeness (QED) is 0.386. The van der Waals surface area contributed by atoms with Gasteiger partial charge >= 0.3 is 5.97 Å². The number of amides is 2. The largest absolute Gasteiger partial charge is 0.614 e. The Morgan fingerprint density at radius 1 is 1.35 bits per heavy atom. The van der Waals surface area contributed by atoms with Gasteiger partial charge in [0.1, 0.15) is 11.8 Å². The number of carbonyl (C=O) groups excluding carboxylic acids is 2. The molecule has 2 aliphatic rings. The smallest absolute Gasteiger partial charge is 0.332 e. The van der Waals surface area contributed by atoms with Gasteiger partial charge in [0.2, 0.25) is 11.3 Å². The van der Waals surface area contributed by atoms with Crippen molar-refractivity contribution in [3.8, 4) is 5.75 Å². The highest BCUT2D eigenvalue weighted by Crippen LogP contribution is 2.45. The molecule has 0 radical (unpaired) electrons. The number of aliphatic carboxylic acids is 1. The van der Waals surface area contributed by atoms with Gasteiger partial charge in [0.15, 0.2) is 16.8 Å². The average Bonchev–Trinajstić information content (AvgIpc) is 2.77. The number of hydrogen-bond donors (Lipinski definition) is 4. The van der Waals surface area contributed by atoms with Gasteiger partial charge < -0.3 is 25.8 Å². The van der Waals surface area contributed by atoms with Crippen LogP contribution in [0.5, 0.6) is 5.75 Å². The number of aromatic hydroxyl groups is 1. The molecule has 140 valence electrons. The third-order valence-electron chi connectivity index (χ3n) is 4.82. The number of nitrogens with one attached hydrogen (secondary N) is 1. The first-order valence-electron chi connectivity index (χ1n) is 7.88. The fourth-order valence-corrected chi connectivity index (χ4v) is 5.29. The first kappa shape index (κ1) is 18.5. The molecule has 5 N–H and O–H groups in total. The Kier molecular flexibility index (Phi) is 4.37. The molecule has 9 nitrogen and oxygen atoms in total. The normalized spacial score (nSPS) is 30.3. The fourth-order valence-electron chi connectivity index (χ4n) is 3.37. The summed E-state index contributed by atoms with van der Waals surface area (Å²) in [5.41, 5.74) is 6.30. The standard InChI is InChI=1S/C16H19N3O6S/c1-16(2)11(15(23)24)19-13(22)10(14(19)26(16)25)18-12(21)9(17)7-3-5-8(20)6-4-7/h3-6,9-11,14,20H,17H2,1-2H3,(H,18,21)(H,23,24)/t9?,10-,11+,14-,26?/m1/s1. The summed E-state index contributed by atoms with van der Waals surface area (Å²) < 4.78 is 11.5. The Labute approximate surface area is 152 Å². The van der Waals surface area contributed by atoms with E-state index >= 15 is 0 Å². The summed E-state index contributed by atoms with van der Waals surface area (Å²) in [6.45, 7) is 3.04. The summed E-state index contributed by atoms with van der Waals surface area (Å²) in [5.74, 6) is -2.45. The van der Waals surface area contributed by atoms with Gasteiger partial charge in [0.05, 0.1) is 0 Å². The predicted octanol–water partition coefficient (Wildman–Crippen LogP) is -0.961. The molecule has 1 aromatic rings. The molecule has 2 saturated heterocycles. The SMILES string of the molecule is CC1(C)[C@H](C(=O)O)N2C(=O)[C@@H](NC(=O)C(N)c3ccc(O)cc3)[C@H]2[S+]1[O-]. The highest BCUT2D eigenvalue weighted by Gasteiger charge is 2.72. The van der Waals surface area contributed by atoms with Crippen molar-refractivity contribution < 1.29 is 29.1 Å². The number of phenols is 1. The Morgan fingerprint density at radius 2 is 1.92 bits per heavy atom. The van der Waals surface area contributed by atoms with E-state index in [1.165, 1.54) is 38.1 Å². The van der Waals surface area contributed by atoms with E-state index in [4.69, 9.17) is 5.73 Å². The van der Waals surface area contributed by atoms with Crippen LogP contribution in [0.2, 0.25) is 0 Å². The van der Waals surface area contributed by atoms with Gasteiger partial charge in [0, 0.05) is 0 Å². The zero-order chi connectivity index (χ0) is 19.4. The molecule has 0 aliphatic carbocycles. The van der Waals surface area contributed by atoms with E-state index in [2.05, 4.69) is 5.32 Å². The van der Waals surface area contributed by atoms with Crippen molar-refractivity contribution in [3.05, 3.63) is 29.8 Å². The molecule has 3 rings (SSSR count). The minimum Gasteiger partial charge on any atom is -0.614 e. The lowest BCUT2D eigenvalue weighted by atomic mass is 9.95. The molecule has 0 saturated carbocycles. The molecule has 10 heteroatoms. The summed E-state index contributed by atoms with van der Waals surface area (Å²) in [6.07, 6.45) is 0. The second-order valence-corrected chi connectivity index (χ2v) is 8.96. The van der Waals surface area contributed by atoms with Crippen LogP contribution in [0.1, 0.15) is 25.5 Å². The third-order valence-corrected chi connectivity index (χ3v) is 7.02. The monoisotopic (exact) mass is 381 g/mol. The van der Waals surface area contributed by atoms with Crippen molar-refractivity contribution in [3.63, 3.8) is 0 Å². The number of rotatable bonds is 4. The topological polar surface area (TPSA) is 156 Å². The Bertz CT molecular complexity index is 768. The summed E-state index contributed by atoms with van der Waals surface area (Å²) in [4.78, 5) is 37.3. The lowest BCUT2D eigenvalue weighted by molar-refractivity contribution is -0.161. The highest BCUT2D eigenvalue weighted by atomic mass is 32.2. The van der Waals surface area contributed by atoms with Crippen molar-refractivity contribution in [2.45, 2.75) is 42.1 Å². The van der Waals surface area contributed by atoms with Crippen molar-refractivity contribution in [2.75, 3.05) is 0 Å². The van der Waals surface area contributed by atoms with E-state index < -0.39 is 57.2 Å². The molecular formula is C16H19N3O6S. The molecule has 0 aromatic heterocycles. The number of β-lactam (4-membered cyclic amide) rings is 1. The molecule has 5 atom stereocenters. The third kappa shape index (κ3) is 2.61. The number of phenolic OH excluding ortho intramolecular Hbond substituents is 1. The van der Waals surface area contributed by atoms with Gasteiger partial charge in [-0.1, -0.05) is 12.1 Å². The van der Waals surface area contributed by atoms with Crippen molar-refractivity contribution >= 4 is 29.0 Å². The van der Waals surface area contributed by atoms with Gasteiger partial charge in [-0.15, -0.1) is 0 Å². The molecule has 1 aromatic carbocycles. The number of nitrogens with two attached hydrogens (primary N) is 1. The first-order chi connectivity index (χ1) is 12.1. The number of carbonyl (C=O) groups is 3. The number of fused-ring (bicyclic) bond motifs is 1. The van der Waals surface area contributed by atoms with Crippen LogP contribution in [-0.2, 0) is 25.6 Å². The summed E-state index contributed by atoms with van der Waals surface area (Å²) >= 11 is -1.66. The summed E-state index contributed by atoms with van der Waals surface area (Å²) in [5, 5.41) is 20.2. The van der Waals surface area contributed by atoms with Crippen LogP contribution < -0.4 is 11.1 Å². The zero-order valence-corrected chi connectivity index (χ0v) is 14.9. The van der Waals surface area contributed by atoms with Crippen molar-refractivity contribution in [1.29, 1.82) is 0 Å². The Balaban J connectivity index is 1.76. The van der Waals surface area contributed by atoms with Gasteiger partial charge in [0.25, 0.3) is 5.91 Å².